The third-order valence-electron chi connectivity index (χ3n) is 3.92. The number of anilines is 1. The van der Waals surface area contributed by atoms with Crippen molar-refractivity contribution in [1.29, 1.82) is 0 Å². The summed E-state index contributed by atoms with van der Waals surface area (Å²) in [6.07, 6.45) is 2.80. The van der Waals surface area contributed by atoms with Crippen LogP contribution >= 0.6 is 0 Å². The quantitative estimate of drug-likeness (QED) is 0.762. The highest BCUT2D eigenvalue weighted by molar-refractivity contribution is 5.90. The normalized spacial score (nSPS) is 17.0. The number of hydrogen-bond acceptors (Lipinski definition) is 3. The molecule has 0 saturated heterocycles. The number of para-hydroxylation sites is 2. The Kier molecular flexibility index (Phi) is 2.96. The van der Waals surface area contributed by atoms with Gasteiger partial charge in [-0.3, -0.25) is 4.98 Å². The molecule has 0 aliphatic carbocycles. The fourth-order valence-electron chi connectivity index (χ4n) is 2.90. The molecule has 1 atom stereocenters. The first-order valence-corrected chi connectivity index (χ1v) is 7.24. The Labute approximate surface area is 123 Å². The summed E-state index contributed by atoms with van der Waals surface area (Å²) in [7, 11) is 0. The van der Waals surface area contributed by atoms with Crippen molar-refractivity contribution in [2.75, 3.05) is 11.9 Å². The minimum atomic E-state index is 0.266. The Morgan fingerprint density at radius 3 is 2.90 bits per heavy atom. The van der Waals surface area contributed by atoms with E-state index in [2.05, 4.69) is 46.7 Å². The zero-order valence-electron chi connectivity index (χ0n) is 11.6. The molecule has 0 amide bonds. The summed E-state index contributed by atoms with van der Waals surface area (Å²) in [6.45, 7) is 0.743. The van der Waals surface area contributed by atoms with Gasteiger partial charge in [-0.2, -0.15) is 0 Å². The minimum absolute atomic E-state index is 0.266. The van der Waals surface area contributed by atoms with Gasteiger partial charge in [-0.1, -0.05) is 36.4 Å². The van der Waals surface area contributed by atoms with Gasteiger partial charge in [0.2, 0.25) is 0 Å². The van der Waals surface area contributed by atoms with E-state index < -0.39 is 0 Å². The molecular formula is C18H16N2O. The number of ether oxygens (including phenoxy) is 1. The van der Waals surface area contributed by atoms with E-state index in [0.717, 1.165) is 35.4 Å². The molecule has 3 nitrogen and oxygen atoms in total. The average molecular weight is 276 g/mol. The maximum absolute atomic E-state index is 5.72. The zero-order chi connectivity index (χ0) is 14.1. The lowest BCUT2D eigenvalue weighted by molar-refractivity contribution is 0.274. The van der Waals surface area contributed by atoms with Crippen LogP contribution in [-0.4, -0.2) is 11.6 Å². The molecule has 1 unspecified atom stereocenters. The maximum Gasteiger partial charge on any atom is 0.124 e. The molecule has 1 N–H and O–H groups in total. The van der Waals surface area contributed by atoms with Gasteiger partial charge >= 0.3 is 0 Å². The van der Waals surface area contributed by atoms with Crippen LogP contribution in [0.1, 0.15) is 18.0 Å². The van der Waals surface area contributed by atoms with Gasteiger partial charge in [-0.25, -0.2) is 0 Å². The minimum Gasteiger partial charge on any atom is -0.493 e. The molecule has 0 spiro atoms. The summed E-state index contributed by atoms with van der Waals surface area (Å²) < 4.78 is 5.72. The van der Waals surface area contributed by atoms with Crippen LogP contribution in [0.15, 0.2) is 60.8 Å². The topological polar surface area (TPSA) is 34.1 Å². The second kappa shape index (κ2) is 5.09. The summed E-state index contributed by atoms with van der Waals surface area (Å²) in [5.41, 5.74) is 3.32. The molecule has 0 bridgehead atoms. The Morgan fingerprint density at radius 1 is 1.00 bits per heavy atom. The lowest BCUT2D eigenvalue weighted by atomic mass is 10.00. The number of benzene rings is 2. The second-order valence-electron chi connectivity index (χ2n) is 5.25. The summed E-state index contributed by atoms with van der Waals surface area (Å²) >= 11 is 0. The summed E-state index contributed by atoms with van der Waals surface area (Å²) in [6, 6.07) is 18.8. The number of nitrogens with one attached hydrogen (secondary N) is 1. The third kappa shape index (κ3) is 2.21. The Bertz CT molecular complexity index is 780. The molecular weight excluding hydrogens is 260 g/mol. The summed E-state index contributed by atoms with van der Waals surface area (Å²) in [5, 5.41) is 4.79. The highest BCUT2D eigenvalue weighted by Gasteiger charge is 2.21. The van der Waals surface area contributed by atoms with Crippen molar-refractivity contribution in [2.24, 2.45) is 0 Å². The van der Waals surface area contributed by atoms with Crippen LogP contribution in [0.5, 0.6) is 5.75 Å². The van der Waals surface area contributed by atoms with Crippen LogP contribution in [-0.2, 0) is 0 Å². The van der Waals surface area contributed by atoms with Crippen molar-refractivity contribution < 1.29 is 4.74 Å². The van der Waals surface area contributed by atoms with Crippen LogP contribution in [0, 0.1) is 0 Å². The van der Waals surface area contributed by atoms with Gasteiger partial charge in [-0.15, -0.1) is 0 Å². The second-order valence-corrected chi connectivity index (χ2v) is 5.25. The van der Waals surface area contributed by atoms with Gasteiger partial charge in [0.15, 0.2) is 0 Å². The van der Waals surface area contributed by atoms with E-state index in [1.54, 1.807) is 0 Å². The van der Waals surface area contributed by atoms with Gasteiger partial charge < -0.3 is 10.1 Å². The molecule has 1 aliphatic rings. The lowest BCUT2D eigenvalue weighted by Gasteiger charge is -2.27. The Hall–Kier alpha value is -2.55. The van der Waals surface area contributed by atoms with Crippen LogP contribution in [0.25, 0.3) is 10.9 Å². The third-order valence-corrected chi connectivity index (χ3v) is 3.92. The first-order chi connectivity index (χ1) is 10.4. The first-order valence-electron chi connectivity index (χ1n) is 7.24. The predicted octanol–water partition coefficient (Wildman–Crippen LogP) is 4.17. The van der Waals surface area contributed by atoms with E-state index in [-0.39, 0.29) is 6.04 Å². The number of aromatic nitrogens is 1. The molecule has 1 aromatic heterocycles. The Morgan fingerprint density at radius 2 is 1.90 bits per heavy atom. The number of hydrogen-bond donors (Lipinski definition) is 1. The molecule has 104 valence electrons. The lowest BCUT2D eigenvalue weighted by Crippen LogP contribution is -2.20. The van der Waals surface area contributed by atoms with Crippen LogP contribution in [0.3, 0.4) is 0 Å². The van der Waals surface area contributed by atoms with Gasteiger partial charge in [-0.05, 0) is 18.2 Å². The molecule has 0 fully saturated rings. The van der Waals surface area contributed by atoms with Crippen molar-refractivity contribution >= 4 is 16.6 Å². The van der Waals surface area contributed by atoms with E-state index in [1.165, 1.54) is 5.56 Å². The van der Waals surface area contributed by atoms with Crippen LogP contribution < -0.4 is 10.1 Å². The smallest absolute Gasteiger partial charge is 0.124 e. The van der Waals surface area contributed by atoms with E-state index >= 15 is 0 Å². The standard InChI is InChI=1S/C18H16N2O/c1-2-9-17-14(7-1)15(10-12-21-17)20-16-8-3-5-13-6-4-11-19-18(13)16/h1-9,11,15,20H,10,12H2. The van der Waals surface area contributed by atoms with Crippen molar-refractivity contribution in [1.82, 2.24) is 4.98 Å². The SMILES string of the molecule is c1ccc2c(c1)OCCC2Nc1cccc2cccnc12. The number of nitrogens with zero attached hydrogens (tertiary/aromatic N) is 1. The monoisotopic (exact) mass is 276 g/mol. The molecule has 0 radical (unpaired) electrons. The fourth-order valence-corrected chi connectivity index (χ4v) is 2.90. The molecule has 1 aliphatic heterocycles. The fraction of sp³-hybridized carbons (Fsp3) is 0.167. The summed E-state index contributed by atoms with van der Waals surface area (Å²) in [5.74, 6) is 0.981. The number of pyridine rings is 1. The molecule has 4 rings (SSSR count). The van der Waals surface area contributed by atoms with E-state index in [1.807, 2.05) is 24.4 Å². The summed E-state index contributed by atoms with van der Waals surface area (Å²) in [4.78, 5) is 4.51. The molecule has 0 saturated carbocycles. The van der Waals surface area contributed by atoms with E-state index in [4.69, 9.17) is 4.74 Å². The highest BCUT2D eigenvalue weighted by atomic mass is 16.5. The van der Waals surface area contributed by atoms with Crippen LogP contribution in [0.4, 0.5) is 5.69 Å². The van der Waals surface area contributed by atoms with Crippen molar-refractivity contribution in [3.63, 3.8) is 0 Å². The number of fused-ring (bicyclic) bond motifs is 2. The molecule has 3 heteroatoms. The van der Waals surface area contributed by atoms with Crippen molar-refractivity contribution in [3.05, 3.63) is 66.4 Å². The van der Waals surface area contributed by atoms with Crippen molar-refractivity contribution in [2.45, 2.75) is 12.5 Å². The van der Waals surface area contributed by atoms with E-state index in [9.17, 15) is 0 Å². The largest absolute Gasteiger partial charge is 0.493 e. The van der Waals surface area contributed by atoms with Gasteiger partial charge in [0.1, 0.15) is 5.75 Å². The number of rotatable bonds is 2. The van der Waals surface area contributed by atoms with Crippen LogP contribution in [0.2, 0.25) is 0 Å². The predicted molar refractivity (Wildman–Crippen MR) is 84.7 cm³/mol. The molecule has 21 heavy (non-hydrogen) atoms. The maximum atomic E-state index is 5.72. The van der Waals surface area contributed by atoms with Gasteiger partial charge in [0.05, 0.1) is 23.9 Å². The average Bonchev–Trinajstić information content (AvgIpc) is 2.56. The van der Waals surface area contributed by atoms with E-state index in [0.29, 0.717) is 0 Å². The molecule has 3 aromatic rings. The molecule has 2 aromatic carbocycles. The molecule has 2 heterocycles. The van der Waals surface area contributed by atoms with Gasteiger partial charge in [0.25, 0.3) is 0 Å². The Balaban J connectivity index is 1.73. The first kappa shape index (κ1) is 12.2. The zero-order valence-corrected chi connectivity index (χ0v) is 11.6. The van der Waals surface area contributed by atoms with Gasteiger partial charge in [0, 0.05) is 23.6 Å². The highest BCUT2D eigenvalue weighted by Crippen LogP contribution is 2.35. The van der Waals surface area contributed by atoms with Crippen molar-refractivity contribution in [3.8, 4) is 5.75 Å².